The SMILES string of the molecule is COC1=C(c2cnc(NC3CCN(S(=O)(=O)CCCN[C@@H](CO)C(C)C)CC3)nc2N)C=C(F)C[CH]1. The van der Waals surface area contributed by atoms with Crippen molar-refractivity contribution < 1.29 is 22.7 Å². The first-order valence-electron chi connectivity index (χ1n) is 12.3. The van der Waals surface area contributed by atoms with Crippen LogP contribution in [0.15, 0.2) is 23.9 Å². The monoisotopic (exact) mass is 525 g/mol. The van der Waals surface area contributed by atoms with Crippen molar-refractivity contribution in [1.82, 2.24) is 19.6 Å². The molecule has 1 fully saturated rings. The fourth-order valence-corrected chi connectivity index (χ4v) is 5.84. The number of methoxy groups -OCH3 is 1. The summed E-state index contributed by atoms with van der Waals surface area (Å²) in [6.07, 6.45) is 6.45. The highest BCUT2D eigenvalue weighted by Crippen LogP contribution is 2.33. The first-order valence-corrected chi connectivity index (χ1v) is 13.9. The Labute approximate surface area is 213 Å². The van der Waals surface area contributed by atoms with E-state index in [-0.39, 0.29) is 48.4 Å². The largest absolute Gasteiger partial charge is 0.500 e. The van der Waals surface area contributed by atoms with Crippen LogP contribution in [0, 0.1) is 12.3 Å². The van der Waals surface area contributed by atoms with Gasteiger partial charge in [0.25, 0.3) is 0 Å². The molecule has 0 saturated carbocycles. The molecule has 5 N–H and O–H groups in total. The van der Waals surface area contributed by atoms with E-state index in [9.17, 15) is 17.9 Å². The highest BCUT2D eigenvalue weighted by molar-refractivity contribution is 7.89. The lowest BCUT2D eigenvalue weighted by atomic mass is 9.98. The first kappa shape index (κ1) is 28.3. The Balaban J connectivity index is 1.51. The van der Waals surface area contributed by atoms with Gasteiger partial charge in [-0.2, -0.15) is 4.98 Å². The van der Waals surface area contributed by atoms with Crippen molar-refractivity contribution in [2.24, 2.45) is 5.92 Å². The Bertz CT molecular complexity index is 1050. The number of allylic oxidation sites excluding steroid dienone is 4. The standard InChI is InChI=1S/C24H38FN6O4S/c1-16(2)21(15-32)27-9-4-12-36(33,34)31-10-7-18(8-11-31)29-24-28-14-20(23(26)30-24)19-13-17(25)5-6-22(19)35-3/h6,13-14,16,18,21,27,32H,4-5,7-12,15H2,1-3H3,(H3,26,28,29,30)/t21-/m0/s1. The molecule has 0 bridgehead atoms. The second-order valence-electron chi connectivity index (χ2n) is 9.45. The minimum atomic E-state index is -3.35. The van der Waals surface area contributed by atoms with Gasteiger partial charge in [0.15, 0.2) is 0 Å². The quantitative estimate of drug-likeness (QED) is 0.302. The highest BCUT2D eigenvalue weighted by Gasteiger charge is 2.28. The van der Waals surface area contributed by atoms with Crippen molar-refractivity contribution in [3.63, 3.8) is 0 Å². The van der Waals surface area contributed by atoms with Crippen LogP contribution in [0.25, 0.3) is 5.57 Å². The number of aliphatic hydroxyl groups excluding tert-OH is 1. The smallest absolute Gasteiger partial charge is 0.224 e. The third-order valence-electron chi connectivity index (χ3n) is 6.54. The van der Waals surface area contributed by atoms with E-state index in [2.05, 4.69) is 20.6 Å². The number of nitrogens with one attached hydrogen (secondary N) is 2. The van der Waals surface area contributed by atoms with Crippen LogP contribution in [0.3, 0.4) is 0 Å². The zero-order chi connectivity index (χ0) is 26.3. The lowest BCUT2D eigenvalue weighted by Crippen LogP contribution is -2.44. The van der Waals surface area contributed by atoms with Crippen molar-refractivity contribution in [1.29, 1.82) is 0 Å². The summed E-state index contributed by atoms with van der Waals surface area (Å²) in [6.45, 7) is 5.42. The maximum Gasteiger partial charge on any atom is 0.224 e. The number of anilines is 2. The third-order valence-corrected chi connectivity index (χ3v) is 8.50. The molecule has 12 heteroatoms. The number of ether oxygens (including phenoxy) is 1. The number of aliphatic hydroxyl groups is 1. The molecule has 1 aliphatic carbocycles. The molecule has 0 spiro atoms. The Hall–Kier alpha value is -2.28. The summed E-state index contributed by atoms with van der Waals surface area (Å²) in [5.41, 5.74) is 7.13. The van der Waals surface area contributed by atoms with E-state index in [4.69, 9.17) is 10.5 Å². The number of aromatic nitrogens is 2. The molecule has 10 nitrogen and oxygen atoms in total. The molecule has 0 unspecified atom stereocenters. The van der Waals surface area contributed by atoms with Gasteiger partial charge in [0.1, 0.15) is 17.4 Å². The molecule has 36 heavy (non-hydrogen) atoms. The van der Waals surface area contributed by atoms with E-state index >= 15 is 0 Å². The van der Waals surface area contributed by atoms with Crippen LogP contribution in [0.4, 0.5) is 16.2 Å². The van der Waals surface area contributed by atoms with Crippen LogP contribution in [0.1, 0.15) is 45.1 Å². The molecular weight excluding hydrogens is 487 g/mol. The minimum absolute atomic E-state index is 0.00817. The van der Waals surface area contributed by atoms with E-state index in [0.29, 0.717) is 61.7 Å². The van der Waals surface area contributed by atoms with Gasteiger partial charge < -0.3 is 26.2 Å². The summed E-state index contributed by atoms with van der Waals surface area (Å²) in [5.74, 6) is 1.11. The van der Waals surface area contributed by atoms with Crippen LogP contribution >= 0.6 is 0 Å². The predicted molar refractivity (Wildman–Crippen MR) is 139 cm³/mol. The maximum atomic E-state index is 13.8. The zero-order valence-electron chi connectivity index (χ0n) is 21.2. The normalized spacial score (nSPS) is 18.9. The average Bonchev–Trinajstić information content (AvgIpc) is 2.84. The molecule has 0 amide bonds. The molecule has 1 aliphatic heterocycles. The van der Waals surface area contributed by atoms with Crippen molar-refractivity contribution >= 4 is 27.4 Å². The predicted octanol–water partition coefficient (Wildman–Crippen LogP) is 2.08. The Morgan fingerprint density at radius 3 is 2.67 bits per heavy atom. The van der Waals surface area contributed by atoms with Gasteiger partial charge in [-0.3, -0.25) is 0 Å². The van der Waals surface area contributed by atoms with E-state index in [1.807, 2.05) is 13.8 Å². The van der Waals surface area contributed by atoms with Gasteiger partial charge in [0.05, 0.1) is 19.5 Å². The Morgan fingerprint density at radius 1 is 1.33 bits per heavy atom. The van der Waals surface area contributed by atoms with Crippen LogP contribution in [0.2, 0.25) is 0 Å². The number of piperidine rings is 1. The van der Waals surface area contributed by atoms with Gasteiger partial charge in [-0.1, -0.05) is 13.8 Å². The summed E-state index contributed by atoms with van der Waals surface area (Å²) >= 11 is 0. The maximum absolute atomic E-state index is 13.8. The number of nitrogen functional groups attached to an aromatic ring is 1. The summed E-state index contributed by atoms with van der Waals surface area (Å²) in [5, 5.41) is 15.8. The molecule has 0 aromatic carbocycles. The van der Waals surface area contributed by atoms with Crippen LogP contribution in [-0.4, -0.2) is 79.0 Å². The zero-order valence-corrected chi connectivity index (χ0v) is 22.0. The van der Waals surface area contributed by atoms with Gasteiger partial charge in [0, 0.05) is 55.3 Å². The van der Waals surface area contributed by atoms with Gasteiger partial charge >= 0.3 is 0 Å². The van der Waals surface area contributed by atoms with Crippen molar-refractivity contribution in [3.05, 3.63) is 35.8 Å². The number of hydrogen-bond acceptors (Lipinski definition) is 9. The molecule has 201 valence electrons. The topological polar surface area (TPSA) is 143 Å². The van der Waals surface area contributed by atoms with E-state index in [1.165, 1.54) is 23.7 Å². The molecule has 1 aromatic heterocycles. The summed E-state index contributed by atoms with van der Waals surface area (Å²) in [4.78, 5) is 8.67. The first-order chi connectivity index (χ1) is 17.1. The lowest BCUT2D eigenvalue weighted by molar-refractivity contribution is 0.211. The summed E-state index contributed by atoms with van der Waals surface area (Å²) in [6, 6.07) is -0.0222. The van der Waals surface area contributed by atoms with Crippen LogP contribution in [0.5, 0.6) is 0 Å². The minimum Gasteiger partial charge on any atom is -0.500 e. The molecule has 2 heterocycles. The molecule has 1 radical (unpaired) electrons. The van der Waals surface area contributed by atoms with Gasteiger partial charge in [0.2, 0.25) is 16.0 Å². The number of nitrogens with zero attached hydrogens (tertiary/aromatic N) is 3. The summed E-state index contributed by atoms with van der Waals surface area (Å²) < 4.78 is 46.2. The fourth-order valence-electron chi connectivity index (χ4n) is 4.31. The van der Waals surface area contributed by atoms with Crippen molar-refractivity contribution in [2.75, 3.05) is 50.2 Å². The molecular formula is C24H38FN6O4S. The molecule has 3 rings (SSSR count). The Kier molecular flexibility index (Phi) is 10.1. The average molecular weight is 526 g/mol. The second-order valence-corrected chi connectivity index (χ2v) is 11.5. The Morgan fingerprint density at radius 2 is 2.06 bits per heavy atom. The summed E-state index contributed by atoms with van der Waals surface area (Å²) in [7, 11) is -1.83. The highest BCUT2D eigenvalue weighted by atomic mass is 32.2. The molecule has 1 aromatic rings. The van der Waals surface area contributed by atoms with E-state index in [1.54, 1.807) is 6.42 Å². The number of sulfonamides is 1. The number of rotatable bonds is 12. The van der Waals surface area contributed by atoms with Crippen LogP contribution < -0.4 is 16.4 Å². The number of halogens is 1. The lowest BCUT2D eigenvalue weighted by Gasteiger charge is -2.31. The molecule has 1 saturated heterocycles. The molecule has 2 aliphatic rings. The van der Waals surface area contributed by atoms with Crippen molar-refractivity contribution in [3.8, 4) is 0 Å². The van der Waals surface area contributed by atoms with E-state index in [0.717, 1.165) is 0 Å². The molecule has 1 atom stereocenters. The number of hydrogen-bond donors (Lipinski definition) is 4. The second kappa shape index (κ2) is 12.8. The van der Waals surface area contributed by atoms with E-state index < -0.39 is 10.0 Å². The number of nitrogens with two attached hydrogens (primary N) is 1. The van der Waals surface area contributed by atoms with Crippen molar-refractivity contribution in [2.45, 2.75) is 51.6 Å². The van der Waals surface area contributed by atoms with Gasteiger partial charge in [-0.05, 0) is 37.8 Å². The van der Waals surface area contributed by atoms with Gasteiger partial charge in [-0.15, -0.1) is 0 Å². The van der Waals surface area contributed by atoms with Crippen LogP contribution in [-0.2, 0) is 14.8 Å². The third kappa shape index (κ3) is 7.37. The van der Waals surface area contributed by atoms with Gasteiger partial charge in [-0.25, -0.2) is 22.1 Å². The fraction of sp³-hybridized carbons (Fsp3) is 0.625.